The Morgan fingerprint density at radius 1 is 0.727 bits per heavy atom. The molecule has 0 saturated carbocycles. The molecule has 0 bridgehead atoms. The van der Waals surface area contributed by atoms with Crippen molar-refractivity contribution in [3.05, 3.63) is 70.3 Å². The second-order valence-electron chi connectivity index (χ2n) is 5.85. The van der Waals surface area contributed by atoms with Crippen molar-refractivity contribution in [3.63, 3.8) is 0 Å². The Hall–Kier alpha value is -2.22. The van der Waals surface area contributed by atoms with Crippen molar-refractivity contribution in [2.75, 3.05) is 0 Å². The molecule has 0 N–H and O–H groups in total. The second-order valence-corrected chi connectivity index (χ2v) is 5.85. The Morgan fingerprint density at radius 2 is 1.41 bits per heavy atom. The standard InChI is InChI=1S/C20H20O2/c1-2-3-4-5-9-14-10-8-13-17-18(14)20(22)16-12-7-6-11-15(16)19(17)21/h6-8,10-13H,2-5,9H2,1H3. The molecule has 0 heterocycles. The molecule has 0 fully saturated rings. The lowest BCUT2D eigenvalue weighted by Gasteiger charge is -2.20. The van der Waals surface area contributed by atoms with E-state index in [0.29, 0.717) is 22.3 Å². The molecule has 1 aliphatic carbocycles. The number of hydrogen-bond donors (Lipinski definition) is 0. The van der Waals surface area contributed by atoms with Crippen LogP contribution in [0, 0.1) is 0 Å². The molecule has 0 saturated heterocycles. The van der Waals surface area contributed by atoms with Gasteiger partial charge in [-0.1, -0.05) is 68.7 Å². The van der Waals surface area contributed by atoms with Crippen LogP contribution in [0.2, 0.25) is 0 Å². The van der Waals surface area contributed by atoms with Gasteiger partial charge in [-0.3, -0.25) is 9.59 Å². The highest BCUT2D eigenvalue weighted by Crippen LogP contribution is 2.30. The average Bonchev–Trinajstić information content (AvgIpc) is 2.56. The maximum absolute atomic E-state index is 12.8. The minimum absolute atomic E-state index is 0.00343. The molecule has 0 spiro atoms. The highest BCUT2D eigenvalue weighted by Gasteiger charge is 2.30. The van der Waals surface area contributed by atoms with Crippen molar-refractivity contribution in [2.24, 2.45) is 0 Å². The number of fused-ring (bicyclic) bond motifs is 2. The van der Waals surface area contributed by atoms with E-state index in [2.05, 4.69) is 6.92 Å². The molecule has 0 atom stereocenters. The number of carbonyl (C=O) groups excluding carboxylic acids is 2. The fourth-order valence-corrected chi connectivity index (χ4v) is 3.17. The summed E-state index contributed by atoms with van der Waals surface area (Å²) in [7, 11) is 0. The maximum Gasteiger partial charge on any atom is 0.194 e. The lowest BCUT2D eigenvalue weighted by Crippen LogP contribution is -2.22. The Morgan fingerprint density at radius 3 is 2.14 bits per heavy atom. The Bertz CT molecular complexity index is 728. The molecule has 2 heteroatoms. The predicted octanol–water partition coefficient (Wildman–Crippen LogP) is 4.58. The van der Waals surface area contributed by atoms with Crippen LogP contribution in [0.1, 0.15) is 70.0 Å². The van der Waals surface area contributed by atoms with Gasteiger partial charge < -0.3 is 0 Å². The van der Waals surface area contributed by atoms with Crippen LogP contribution in [0.5, 0.6) is 0 Å². The van der Waals surface area contributed by atoms with Gasteiger partial charge in [-0.2, -0.15) is 0 Å². The molecular formula is C20H20O2. The van der Waals surface area contributed by atoms with Crippen molar-refractivity contribution < 1.29 is 9.59 Å². The smallest absolute Gasteiger partial charge is 0.194 e. The molecule has 112 valence electrons. The molecule has 22 heavy (non-hydrogen) atoms. The lowest BCUT2D eigenvalue weighted by molar-refractivity contribution is 0.0978. The third-order valence-electron chi connectivity index (χ3n) is 4.34. The van der Waals surface area contributed by atoms with E-state index >= 15 is 0 Å². The van der Waals surface area contributed by atoms with Crippen LogP contribution in [-0.4, -0.2) is 11.6 Å². The summed E-state index contributed by atoms with van der Waals surface area (Å²) in [6.07, 6.45) is 5.50. The second kappa shape index (κ2) is 6.27. The number of aryl methyl sites for hydroxylation is 1. The van der Waals surface area contributed by atoms with E-state index in [1.807, 2.05) is 24.3 Å². The SMILES string of the molecule is CCCCCCc1cccc2c1C(=O)c1ccccc1C2=O. The van der Waals surface area contributed by atoms with Crippen LogP contribution in [0.25, 0.3) is 0 Å². The highest BCUT2D eigenvalue weighted by atomic mass is 16.1. The summed E-state index contributed by atoms with van der Waals surface area (Å²) in [5.41, 5.74) is 3.28. The monoisotopic (exact) mass is 292 g/mol. The molecule has 0 aromatic heterocycles. The summed E-state index contributed by atoms with van der Waals surface area (Å²) in [5, 5.41) is 0. The zero-order valence-electron chi connectivity index (χ0n) is 12.9. The first-order chi connectivity index (χ1) is 10.7. The molecule has 0 radical (unpaired) electrons. The van der Waals surface area contributed by atoms with Crippen LogP contribution in [0.3, 0.4) is 0 Å². The molecule has 2 aromatic rings. The molecule has 1 aliphatic rings. The van der Waals surface area contributed by atoms with Crippen molar-refractivity contribution in [1.82, 2.24) is 0 Å². The third kappa shape index (κ3) is 2.50. The van der Waals surface area contributed by atoms with Crippen LogP contribution in [-0.2, 0) is 6.42 Å². The van der Waals surface area contributed by atoms with Gasteiger partial charge in [0.2, 0.25) is 0 Å². The Balaban J connectivity index is 1.98. The quantitative estimate of drug-likeness (QED) is 0.645. The van der Waals surface area contributed by atoms with Crippen LogP contribution < -0.4 is 0 Å². The van der Waals surface area contributed by atoms with Gasteiger partial charge in [0.25, 0.3) is 0 Å². The summed E-state index contributed by atoms with van der Waals surface area (Å²) in [6.45, 7) is 2.18. The Kier molecular flexibility index (Phi) is 4.19. The van der Waals surface area contributed by atoms with E-state index in [4.69, 9.17) is 0 Å². The Labute approximate surface area is 131 Å². The van der Waals surface area contributed by atoms with Crippen LogP contribution >= 0.6 is 0 Å². The average molecular weight is 292 g/mol. The molecule has 0 unspecified atom stereocenters. The van der Waals surface area contributed by atoms with Gasteiger partial charge >= 0.3 is 0 Å². The van der Waals surface area contributed by atoms with E-state index in [9.17, 15) is 9.59 Å². The van der Waals surface area contributed by atoms with Crippen molar-refractivity contribution >= 4 is 11.6 Å². The minimum Gasteiger partial charge on any atom is -0.289 e. The van der Waals surface area contributed by atoms with Crippen LogP contribution in [0.4, 0.5) is 0 Å². The topological polar surface area (TPSA) is 34.1 Å². The first-order valence-corrected chi connectivity index (χ1v) is 8.04. The van der Waals surface area contributed by atoms with Gasteiger partial charge in [0.05, 0.1) is 0 Å². The van der Waals surface area contributed by atoms with E-state index in [0.717, 1.165) is 18.4 Å². The zero-order chi connectivity index (χ0) is 15.5. The van der Waals surface area contributed by atoms with Gasteiger partial charge in [-0.25, -0.2) is 0 Å². The number of hydrogen-bond acceptors (Lipinski definition) is 2. The molecule has 0 aliphatic heterocycles. The molecular weight excluding hydrogens is 272 g/mol. The third-order valence-corrected chi connectivity index (χ3v) is 4.34. The van der Waals surface area contributed by atoms with E-state index in [1.165, 1.54) is 19.3 Å². The molecule has 2 nitrogen and oxygen atoms in total. The number of rotatable bonds is 5. The van der Waals surface area contributed by atoms with Gasteiger partial charge in [0.1, 0.15) is 0 Å². The number of ketones is 2. The van der Waals surface area contributed by atoms with E-state index < -0.39 is 0 Å². The molecule has 0 amide bonds. The summed E-state index contributed by atoms with van der Waals surface area (Å²) in [5.74, 6) is -0.0306. The van der Waals surface area contributed by atoms with Gasteiger partial charge in [-0.15, -0.1) is 0 Å². The molecule has 3 rings (SSSR count). The predicted molar refractivity (Wildman–Crippen MR) is 87.6 cm³/mol. The van der Waals surface area contributed by atoms with Crippen LogP contribution in [0.15, 0.2) is 42.5 Å². The van der Waals surface area contributed by atoms with Gasteiger partial charge in [0, 0.05) is 22.3 Å². The maximum atomic E-state index is 12.8. The summed E-state index contributed by atoms with van der Waals surface area (Å²) >= 11 is 0. The summed E-state index contributed by atoms with van der Waals surface area (Å²) in [6, 6.07) is 12.8. The summed E-state index contributed by atoms with van der Waals surface area (Å²) in [4.78, 5) is 25.4. The van der Waals surface area contributed by atoms with Gasteiger partial charge in [0.15, 0.2) is 11.6 Å². The van der Waals surface area contributed by atoms with Crippen molar-refractivity contribution in [2.45, 2.75) is 39.0 Å². The first kappa shape index (κ1) is 14.7. The first-order valence-electron chi connectivity index (χ1n) is 8.04. The molecule has 2 aromatic carbocycles. The fraction of sp³-hybridized carbons (Fsp3) is 0.300. The summed E-state index contributed by atoms with van der Waals surface area (Å²) < 4.78 is 0. The zero-order valence-corrected chi connectivity index (χ0v) is 12.9. The normalized spacial score (nSPS) is 13.0. The largest absolute Gasteiger partial charge is 0.289 e. The minimum atomic E-state index is -0.0272. The lowest BCUT2D eigenvalue weighted by atomic mass is 9.81. The number of unbranched alkanes of at least 4 members (excludes halogenated alkanes) is 3. The van der Waals surface area contributed by atoms with Gasteiger partial charge in [-0.05, 0) is 18.4 Å². The van der Waals surface area contributed by atoms with E-state index in [1.54, 1.807) is 18.2 Å². The highest BCUT2D eigenvalue weighted by molar-refractivity contribution is 6.28. The fourth-order valence-electron chi connectivity index (χ4n) is 3.17. The van der Waals surface area contributed by atoms with Crippen molar-refractivity contribution in [3.8, 4) is 0 Å². The number of benzene rings is 2. The number of carbonyl (C=O) groups is 2. The van der Waals surface area contributed by atoms with Crippen molar-refractivity contribution in [1.29, 1.82) is 0 Å². The van der Waals surface area contributed by atoms with E-state index in [-0.39, 0.29) is 11.6 Å².